The molecule has 4 nitrogen and oxygen atoms in total. The average molecular weight is 290 g/mol. The van der Waals surface area contributed by atoms with Crippen molar-refractivity contribution in [1.82, 2.24) is 5.32 Å². The maximum atomic E-state index is 12.4. The van der Waals surface area contributed by atoms with Crippen molar-refractivity contribution < 1.29 is 9.59 Å². The number of carbonyl (C=O) groups excluding carboxylic acids is 2. The van der Waals surface area contributed by atoms with E-state index in [1.165, 1.54) is 0 Å². The number of nitrogens with one attached hydrogen (secondary N) is 1. The highest BCUT2D eigenvalue weighted by molar-refractivity contribution is 6.04. The predicted octanol–water partition coefficient (Wildman–Crippen LogP) is 2.35. The van der Waals surface area contributed by atoms with Gasteiger partial charge < -0.3 is 0 Å². The number of carbonyl (C=O) groups is 2. The number of amides is 2. The molecule has 0 radical (unpaired) electrons. The Morgan fingerprint density at radius 2 is 1.36 bits per heavy atom. The molecule has 0 saturated carbocycles. The van der Waals surface area contributed by atoms with Crippen molar-refractivity contribution in [1.29, 1.82) is 5.26 Å². The molecule has 0 bridgehead atoms. The first-order valence-electron chi connectivity index (χ1n) is 7.06. The van der Waals surface area contributed by atoms with Gasteiger partial charge in [-0.25, -0.2) is 0 Å². The number of imide groups is 1. The Morgan fingerprint density at radius 3 is 1.91 bits per heavy atom. The van der Waals surface area contributed by atoms with Gasteiger partial charge in [-0.2, -0.15) is 5.26 Å². The van der Waals surface area contributed by atoms with Crippen LogP contribution in [-0.4, -0.2) is 11.8 Å². The Morgan fingerprint density at radius 1 is 0.818 bits per heavy atom. The van der Waals surface area contributed by atoms with Gasteiger partial charge in [0.15, 0.2) is 0 Å². The Balaban J connectivity index is 2.14. The fourth-order valence-corrected chi connectivity index (χ4v) is 3.01. The summed E-state index contributed by atoms with van der Waals surface area (Å²) in [4.78, 5) is 24.5. The second-order valence-electron chi connectivity index (χ2n) is 5.29. The molecule has 4 heteroatoms. The van der Waals surface area contributed by atoms with Gasteiger partial charge in [-0.05, 0) is 11.1 Å². The summed E-state index contributed by atoms with van der Waals surface area (Å²) in [5, 5.41) is 11.8. The van der Waals surface area contributed by atoms with E-state index in [2.05, 4.69) is 11.4 Å². The standard InChI is InChI=1S/C18H14N2O2/c19-11-14-15(12-7-3-1-4-8-12)16(18(22)20-17(14)21)13-9-5-2-6-10-13/h1-10,14-16H,(H,20,21,22). The van der Waals surface area contributed by atoms with E-state index in [-0.39, 0.29) is 5.91 Å². The minimum atomic E-state index is -0.884. The van der Waals surface area contributed by atoms with Gasteiger partial charge in [-0.3, -0.25) is 14.9 Å². The second kappa shape index (κ2) is 5.82. The largest absolute Gasteiger partial charge is 0.295 e. The van der Waals surface area contributed by atoms with Gasteiger partial charge in [-0.15, -0.1) is 0 Å². The molecule has 2 aromatic rings. The lowest BCUT2D eigenvalue weighted by Gasteiger charge is -2.34. The smallest absolute Gasteiger partial charge is 0.244 e. The quantitative estimate of drug-likeness (QED) is 0.863. The van der Waals surface area contributed by atoms with Crippen molar-refractivity contribution in [3.05, 3.63) is 71.8 Å². The van der Waals surface area contributed by atoms with E-state index < -0.39 is 23.7 Å². The van der Waals surface area contributed by atoms with Gasteiger partial charge in [-0.1, -0.05) is 60.7 Å². The topological polar surface area (TPSA) is 70.0 Å². The van der Waals surface area contributed by atoms with Crippen LogP contribution < -0.4 is 5.32 Å². The van der Waals surface area contributed by atoms with E-state index in [0.29, 0.717) is 0 Å². The molecule has 108 valence electrons. The van der Waals surface area contributed by atoms with Gasteiger partial charge in [0, 0.05) is 5.92 Å². The fraction of sp³-hybridized carbons (Fsp3) is 0.167. The molecule has 0 aliphatic carbocycles. The molecule has 3 rings (SSSR count). The maximum absolute atomic E-state index is 12.4. The molecule has 1 aliphatic rings. The molecule has 0 aromatic heterocycles. The Labute approximate surface area is 128 Å². The van der Waals surface area contributed by atoms with Crippen LogP contribution in [0.3, 0.4) is 0 Å². The molecule has 1 saturated heterocycles. The van der Waals surface area contributed by atoms with E-state index in [9.17, 15) is 14.9 Å². The Bertz CT molecular complexity index is 735. The predicted molar refractivity (Wildman–Crippen MR) is 80.6 cm³/mol. The number of benzene rings is 2. The number of piperidine rings is 1. The minimum absolute atomic E-state index is 0.350. The molecule has 1 fully saturated rings. The number of nitriles is 1. The molecule has 3 unspecified atom stereocenters. The van der Waals surface area contributed by atoms with Crippen LogP contribution in [0.15, 0.2) is 60.7 Å². The summed E-state index contributed by atoms with van der Waals surface area (Å²) in [6.07, 6.45) is 0. The van der Waals surface area contributed by atoms with Crippen molar-refractivity contribution in [3.8, 4) is 6.07 Å². The van der Waals surface area contributed by atoms with Gasteiger partial charge >= 0.3 is 0 Å². The summed E-state index contributed by atoms with van der Waals surface area (Å²) in [6.45, 7) is 0. The SMILES string of the molecule is N#CC1C(=O)NC(=O)C(c2ccccc2)C1c1ccccc1. The molecular formula is C18H14N2O2. The highest BCUT2D eigenvalue weighted by Gasteiger charge is 2.45. The first-order chi connectivity index (χ1) is 10.7. The van der Waals surface area contributed by atoms with E-state index in [1.54, 1.807) is 0 Å². The molecule has 2 aromatic carbocycles. The van der Waals surface area contributed by atoms with Crippen molar-refractivity contribution in [3.63, 3.8) is 0 Å². The lowest BCUT2D eigenvalue weighted by molar-refractivity contribution is -0.137. The third-order valence-electron chi connectivity index (χ3n) is 4.01. The molecule has 1 heterocycles. The van der Waals surface area contributed by atoms with Gasteiger partial charge in [0.05, 0.1) is 12.0 Å². The molecular weight excluding hydrogens is 276 g/mol. The monoisotopic (exact) mass is 290 g/mol. The summed E-state index contributed by atoms with van der Waals surface area (Å²) in [5.41, 5.74) is 1.63. The lowest BCUT2D eigenvalue weighted by Crippen LogP contribution is -2.49. The minimum Gasteiger partial charge on any atom is -0.295 e. The molecule has 0 spiro atoms. The van der Waals surface area contributed by atoms with Crippen LogP contribution in [0.2, 0.25) is 0 Å². The van der Waals surface area contributed by atoms with Crippen LogP contribution in [-0.2, 0) is 9.59 Å². The van der Waals surface area contributed by atoms with Crippen LogP contribution in [0, 0.1) is 17.2 Å². The first-order valence-corrected chi connectivity index (χ1v) is 7.06. The molecule has 22 heavy (non-hydrogen) atoms. The van der Waals surface area contributed by atoms with Crippen molar-refractivity contribution in [2.75, 3.05) is 0 Å². The van der Waals surface area contributed by atoms with E-state index in [1.807, 2.05) is 60.7 Å². The normalized spacial score (nSPS) is 24.4. The number of nitrogens with zero attached hydrogens (tertiary/aromatic N) is 1. The molecule has 1 aliphatic heterocycles. The van der Waals surface area contributed by atoms with Crippen molar-refractivity contribution >= 4 is 11.8 Å². The molecule has 2 amide bonds. The first kappa shape index (κ1) is 14.0. The van der Waals surface area contributed by atoms with Gasteiger partial charge in [0.2, 0.25) is 11.8 Å². The van der Waals surface area contributed by atoms with Crippen molar-refractivity contribution in [2.24, 2.45) is 5.92 Å². The average Bonchev–Trinajstić information content (AvgIpc) is 2.56. The number of hydrogen-bond acceptors (Lipinski definition) is 3. The Hall–Kier alpha value is -2.93. The summed E-state index contributed by atoms with van der Waals surface area (Å²) in [5.74, 6) is -2.78. The van der Waals surface area contributed by atoms with E-state index >= 15 is 0 Å². The third kappa shape index (κ3) is 2.38. The van der Waals surface area contributed by atoms with Gasteiger partial charge in [0.1, 0.15) is 5.92 Å². The second-order valence-corrected chi connectivity index (χ2v) is 5.29. The summed E-state index contributed by atoms with van der Waals surface area (Å²) in [6, 6.07) is 20.6. The van der Waals surface area contributed by atoms with Crippen LogP contribution >= 0.6 is 0 Å². The summed E-state index contributed by atoms with van der Waals surface area (Å²) >= 11 is 0. The zero-order chi connectivity index (χ0) is 15.5. The van der Waals surface area contributed by atoms with Gasteiger partial charge in [0.25, 0.3) is 0 Å². The zero-order valence-electron chi connectivity index (χ0n) is 11.8. The third-order valence-corrected chi connectivity index (χ3v) is 4.01. The van der Waals surface area contributed by atoms with Crippen molar-refractivity contribution in [2.45, 2.75) is 11.8 Å². The summed E-state index contributed by atoms with van der Waals surface area (Å²) in [7, 11) is 0. The van der Waals surface area contributed by atoms with Crippen LogP contribution in [0.1, 0.15) is 23.0 Å². The highest BCUT2D eigenvalue weighted by Crippen LogP contribution is 2.41. The van der Waals surface area contributed by atoms with Crippen LogP contribution in [0.4, 0.5) is 0 Å². The maximum Gasteiger partial charge on any atom is 0.244 e. The Kier molecular flexibility index (Phi) is 3.71. The van der Waals surface area contributed by atoms with Crippen LogP contribution in [0.25, 0.3) is 0 Å². The van der Waals surface area contributed by atoms with E-state index in [4.69, 9.17) is 0 Å². The van der Waals surface area contributed by atoms with E-state index in [0.717, 1.165) is 11.1 Å². The fourth-order valence-electron chi connectivity index (χ4n) is 3.01. The molecule has 1 N–H and O–H groups in total. The lowest BCUT2D eigenvalue weighted by atomic mass is 9.71. The zero-order valence-corrected chi connectivity index (χ0v) is 11.8. The summed E-state index contributed by atoms with van der Waals surface area (Å²) < 4.78 is 0. The van der Waals surface area contributed by atoms with Crippen LogP contribution in [0.5, 0.6) is 0 Å². The number of hydrogen-bond donors (Lipinski definition) is 1. The number of rotatable bonds is 2. The highest BCUT2D eigenvalue weighted by atomic mass is 16.2. The molecule has 3 atom stereocenters.